The summed E-state index contributed by atoms with van der Waals surface area (Å²) in [6, 6.07) is 0.0266. The summed E-state index contributed by atoms with van der Waals surface area (Å²) in [6.45, 7) is 4.49. The molecule has 2 radical (unpaired) electrons. The second kappa shape index (κ2) is 2.26. The molecule has 2 rings (SSSR count). The monoisotopic (exact) mass is 150 g/mol. The van der Waals surface area contributed by atoms with Gasteiger partial charge in [0.1, 0.15) is 7.85 Å². The fraction of sp³-hybridized carbons (Fsp3) is 1.00. The molecular formula is C9H15BO. The molecule has 1 unspecified atom stereocenters. The van der Waals surface area contributed by atoms with Crippen LogP contribution >= 0.6 is 0 Å². The lowest BCUT2D eigenvalue weighted by atomic mass is 9.81. The van der Waals surface area contributed by atoms with Gasteiger partial charge in [0, 0.05) is 6.00 Å². The van der Waals surface area contributed by atoms with Crippen LogP contribution < -0.4 is 0 Å². The van der Waals surface area contributed by atoms with E-state index in [1.54, 1.807) is 0 Å². The van der Waals surface area contributed by atoms with E-state index in [1.807, 2.05) is 0 Å². The van der Waals surface area contributed by atoms with E-state index in [1.165, 1.54) is 12.8 Å². The molecule has 1 saturated heterocycles. The van der Waals surface area contributed by atoms with Gasteiger partial charge in [-0.05, 0) is 31.1 Å². The molecule has 0 spiro atoms. The first-order chi connectivity index (χ1) is 5.19. The minimum atomic E-state index is 0.0266. The predicted molar refractivity (Wildman–Crippen MR) is 45.5 cm³/mol. The minimum Gasteiger partial charge on any atom is -0.381 e. The molecule has 1 nitrogen and oxygen atoms in total. The van der Waals surface area contributed by atoms with Crippen molar-refractivity contribution in [1.29, 1.82) is 0 Å². The second-order valence-corrected chi connectivity index (χ2v) is 3.99. The van der Waals surface area contributed by atoms with E-state index in [2.05, 4.69) is 13.8 Å². The Morgan fingerprint density at radius 1 is 1.64 bits per heavy atom. The van der Waals surface area contributed by atoms with E-state index < -0.39 is 0 Å². The van der Waals surface area contributed by atoms with Crippen molar-refractivity contribution in [3.05, 3.63) is 0 Å². The molecular weight excluding hydrogens is 135 g/mol. The van der Waals surface area contributed by atoms with Gasteiger partial charge >= 0.3 is 0 Å². The van der Waals surface area contributed by atoms with Gasteiger partial charge in [-0.25, -0.2) is 0 Å². The van der Waals surface area contributed by atoms with Crippen molar-refractivity contribution in [3.63, 3.8) is 0 Å². The van der Waals surface area contributed by atoms with Gasteiger partial charge in [-0.15, -0.1) is 0 Å². The van der Waals surface area contributed by atoms with Crippen LogP contribution in [0.5, 0.6) is 0 Å². The average Bonchev–Trinajstić information content (AvgIpc) is 2.42. The molecule has 0 amide bonds. The van der Waals surface area contributed by atoms with Crippen molar-refractivity contribution in [2.45, 2.75) is 44.7 Å². The third-order valence-electron chi connectivity index (χ3n) is 3.76. The van der Waals surface area contributed by atoms with Gasteiger partial charge in [0.25, 0.3) is 0 Å². The maximum absolute atomic E-state index is 5.85. The van der Waals surface area contributed by atoms with Crippen LogP contribution in [0.3, 0.4) is 0 Å². The van der Waals surface area contributed by atoms with Crippen molar-refractivity contribution in [1.82, 2.24) is 0 Å². The van der Waals surface area contributed by atoms with Crippen LogP contribution in [0.1, 0.15) is 33.1 Å². The van der Waals surface area contributed by atoms with E-state index in [9.17, 15) is 0 Å². The summed E-state index contributed by atoms with van der Waals surface area (Å²) in [5.74, 6) is 1.32. The van der Waals surface area contributed by atoms with Gasteiger partial charge in [-0.2, -0.15) is 0 Å². The summed E-state index contributed by atoms with van der Waals surface area (Å²) in [5.41, 5.74) is 0.157. The Hall–Kier alpha value is 0.0249. The number of rotatable bonds is 1. The number of fused-ring (bicyclic) bond motifs is 2. The summed E-state index contributed by atoms with van der Waals surface area (Å²) in [4.78, 5) is 0. The first-order valence-corrected chi connectivity index (χ1v) is 4.63. The largest absolute Gasteiger partial charge is 0.381 e. The van der Waals surface area contributed by atoms with Gasteiger partial charge in [0.2, 0.25) is 0 Å². The molecule has 1 saturated carbocycles. The second-order valence-electron chi connectivity index (χ2n) is 3.99. The van der Waals surface area contributed by atoms with E-state index in [-0.39, 0.29) is 11.6 Å². The highest BCUT2D eigenvalue weighted by Gasteiger charge is 2.54. The third kappa shape index (κ3) is 0.822. The van der Waals surface area contributed by atoms with Crippen LogP contribution in [0.4, 0.5) is 0 Å². The molecule has 2 heteroatoms. The summed E-state index contributed by atoms with van der Waals surface area (Å²) in [6.07, 6.45) is 3.62. The minimum absolute atomic E-state index is 0.0266. The molecule has 2 bridgehead atoms. The Balaban J connectivity index is 2.24. The Morgan fingerprint density at radius 2 is 2.36 bits per heavy atom. The van der Waals surface area contributed by atoms with Crippen LogP contribution in [0.25, 0.3) is 0 Å². The maximum Gasteiger partial charge on any atom is 0.109 e. The molecule has 1 heterocycles. The highest BCUT2D eigenvalue weighted by molar-refractivity contribution is 6.11. The highest BCUT2D eigenvalue weighted by Crippen LogP contribution is 2.53. The summed E-state index contributed by atoms with van der Waals surface area (Å²) < 4.78 is 5.79. The summed E-state index contributed by atoms with van der Waals surface area (Å²) in [5, 5.41) is 0. The van der Waals surface area contributed by atoms with E-state index >= 15 is 0 Å². The smallest absolute Gasteiger partial charge is 0.109 e. The first kappa shape index (κ1) is 7.66. The number of hydrogen-bond donors (Lipinski definition) is 0. The molecule has 1 aliphatic carbocycles. The lowest BCUT2D eigenvalue weighted by Gasteiger charge is -2.30. The average molecular weight is 150 g/mol. The first-order valence-electron chi connectivity index (χ1n) is 4.63. The van der Waals surface area contributed by atoms with Crippen molar-refractivity contribution >= 4 is 7.85 Å². The lowest BCUT2D eigenvalue weighted by Crippen LogP contribution is -2.32. The van der Waals surface area contributed by atoms with Gasteiger partial charge in [0.05, 0.1) is 5.60 Å². The Morgan fingerprint density at radius 3 is 2.64 bits per heavy atom. The quantitative estimate of drug-likeness (QED) is 0.517. The predicted octanol–water partition coefficient (Wildman–Crippen LogP) is 1.71. The van der Waals surface area contributed by atoms with Crippen molar-refractivity contribution in [2.24, 2.45) is 11.8 Å². The van der Waals surface area contributed by atoms with Crippen molar-refractivity contribution in [2.75, 3.05) is 0 Å². The van der Waals surface area contributed by atoms with E-state index in [0.717, 1.165) is 6.42 Å². The Labute approximate surface area is 69.9 Å². The van der Waals surface area contributed by atoms with Crippen LogP contribution in [-0.2, 0) is 4.74 Å². The number of ether oxygens (including phenoxy) is 1. The molecule has 11 heavy (non-hydrogen) atoms. The summed E-state index contributed by atoms with van der Waals surface area (Å²) in [7, 11) is 5.85. The zero-order valence-corrected chi connectivity index (χ0v) is 7.34. The van der Waals surface area contributed by atoms with Gasteiger partial charge in [0.15, 0.2) is 0 Å². The highest BCUT2D eigenvalue weighted by atomic mass is 16.5. The van der Waals surface area contributed by atoms with Crippen LogP contribution in [0, 0.1) is 11.8 Å². The Kier molecular flexibility index (Phi) is 1.57. The normalized spacial score (nSPS) is 55.3. The third-order valence-corrected chi connectivity index (χ3v) is 3.76. The number of hydrogen-bond acceptors (Lipinski definition) is 1. The van der Waals surface area contributed by atoms with Crippen molar-refractivity contribution in [3.8, 4) is 0 Å². The molecule has 1 aliphatic heterocycles. The SMILES string of the molecule is [B][C@@H]1O[C@@]2(CC)CCC1[C@H]2C. The maximum atomic E-state index is 5.85. The van der Waals surface area contributed by atoms with Gasteiger partial charge < -0.3 is 4.74 Å². The zero-order valence-electron chi connectivity index (χ0n) is 7.34. The molecule has 60 valence electrons. The Bertz CT molecular complexity index is 171. The summed E-state index contributed by atoms with van der Waals surface area (Å²) >= 11 is 0. The lowest BCUT2D eigenvalue weighted by molar-refractivity contribution is -0.0489. The topological polar surface area (TPSA) is 9.23 Å². The van der Waals surface area contributed by atoms with E-state index in [4.69, 9.17) is 12.6 Å². The van der Waals surface area contributed by atoms with Crippen LogP contribution in [0.2, 0.25) is 0 Å². The molecule has 0 aromatic carbocycles. The van der Waals surface area contributed by atoms with Crippen molar-refractivity contribution < 1.29 is 4.74 Å². The fourth-order valence-corrected chi connectivity index (χ4v) is 2.83. The zero-order chi connectivity index (χ0) is 8.06. The molecule has 0 aromatic rings. The van der Waals surface area contributed by atoms with E-state index in [0.29, 0.717) is 11.8 Å². The van der Waals surface area contributed by atoms with Gasteiger partial charge in [-0.1, -0.05) is 13.8 Å². The van der Waals surface area contributed by atoms with Crippen LogP contribution in [-0.4, -0.2) is 19.5 Å². The van der Waals surface area contributed by atoms with Crippen LogP contribution in [0.15, 0.2) is 0 Å². The standard InChI is InChI=1S/C9H15BO/c1-3-9-5-4-7(6(9)2)8(10)11-9/h6-8H,3-5H2,1-2H3/t6-,7?,8-,9+/m1/s1. The fourth-order valence-electron chi connectivity index (χ4n) is 2.83. The molecule has 2 fully saturated rings. The molecule has 0 aromatic heterocycles. The molecule has 0 N–H and O–H groups in total. The molecule has 4 atom stereocenters. The van der Waals surface area contributed by atoms with Gasteiger partial charge in [-0.3, -0.25) is 0 Å². The molecule has 2 aliphatic rings.